The number of hydrogen-bond acceptors (Lipinski definition) is 4. The van der Waals surface area contributed by atoms with Crippen LogP contribution in [0.1, 0.15) is 40.5 Å². The molecule has 0 heterocycles. The van der Waals surface area contributed by atoms with E-state index in [-0.39, 0.29) is 0 Å². The average molecular weight is 245 g/mol. The molecule has 6 nitrogen and oxygen atoms in total. The number of carboxylic acids is 1. The molecule has 17 heavy (non-hydrogen) atoms. The maximum atomic E-state index is 11.4. The summed E-state index contributed by atoms with van der Waals surface area (Å²) in [6, 6.07) is -0.819. The lowest BCUT2D eigenvalue weighted by molar-refractivity contribution is -0.140. The molecule has 0 spiro atoms. The van der Waals surface area contributed by atoms with E-state index in [2.05, 4.69) is 5.32 Å². The van der Waals surface area contributed by atoms with Gasteiger partial charge in [-0.1, -0.05) is 6.92 Å². The molecule has 1 atom stereocenters. The van der Waals surface area contributed by atoms with Gasteiger partial charge >= 0.3 is 12.1 Å². The Labute approximate surface area is 100 Å². The molecule has 0 aliphatic heterocycles. The molecule has 0 radical (unpaired) electrons. The van der Waals surface area contributed by atoms with Crippen LogP contribution in [0.3, 0.4) is 0 Å². The predicted octanol–water partition coefficient (Wildman–Crippen LogP) is 1.33. The summed E-state index contributed by atoms with van der Waals surface area (Å²) in [5.74, 6) is -1.75. The van der Waals surface area contributed by atoms with Gasteiger partial charge in [0, 0.05) is 0 Å². The summed E-state index contributed by atoms with van der Waals surface area (Å²) in [5, 5.41) is 10.8. The zero-order valence-electron chi connectivity index (χ0n) is 10.6. The molecule has 2 N–H and O–H groups in total. The Kier molecular flexibility index (Phi) is 5.64. The first-order chi connectivity index (χ1) is 7.65. The first kappa shape index (κ1) is 15.4. The molecule has 0 rings (SSSR count). The highest BCUT2D eigenvalue weighted by atomic mass is 16.6. The lowest BCUT2D eigenvalue weighted by Gasteiger charge is -2.22. The molecule has 0 aromatic rings. The third-order valence-corrected chi connectivity index (χ3v) is 1.81. The molecule has 0 saturated heterocycles. The van der Waals surface area contributed by atoms with Crippen molar-refractivity contribution in [3.8, 4) is 0 Å². The highest BCUT2D eigenvalue weighted by Crippen LogP contribution is 2.07. The molecule has 0 aliphatic rings. The predicted molar refractivity (Wildman–Crippen MR) is 60.7 cm³/mol. The van der Waals surface area contributed by atoms with Gasteiger partial charge < -0.3 is 15.2 Å². The summed E-state index contributed by atoms with van der Waals surface area (Å²) in [4.78, 5) is 33.2. The minimum Gasteiger partial charge on any atom is -0.481 e. The third-order valence-electron chi connectivity index (χ3n) is 1.81. The molecule has 98 valence electrons. The van der Waals surface area contributed by atoms with Crippen molar-refractivity contribution in [1.29, 1.82) is 0 Å². The second kappa shape index (κ2) is 6.22. The van der Waals surface area contributed by atoms with E-state index in [4.69, 9.17) is 9.84 Å². The quantitative estimate of drug-likeness (QED) is 0.713. The fourth-order valence-electron chi connectivity index (χ4n) is 1.13. The molecule has 0 fully saturated rings. The van der Waals surface area contributed by atoms with Crippen LogP contribution < -0.4 is 5.32 Å². The van der Waals surface area contributed by atoms with Crippen LogP contribution in [0.4, 0.5) is 4.79 Å². The Bertz CT molecular complexity index is 305. The van der Waals surface area contributed by atoms with Gasteiger partial charge in [-0.3, -0.25) is 9.59 Å². The van der Waals surface area contributed by atoms with Crippen molar-refractivity contribution in [2.75, 3.05) is 0 Å². The van der Waals surface area contributed by atoms with Gasteiger partial charge in [-0.2, -0.15) is 0 Å². The van der Waals surface area contributed by atoms with Gasteiger partial charge in [0.15, 0.2) is 5.78 Å². The smallest absolute Gasteiger partial charge is 0.408 e. The minimum absolute atomic E-state index is 0.325. The van der Waals surface area contributed by atoms with Crippen LogP contribution in [-0.2, 0) is 14.3 Å². The number of nitrogens with one attached hydrogen (secondary N) is 1. The number of carbonyl (C=O) groups excluding carboxylic acids is 2. The Morgan fingerprint density at radius 1 is 1.29 bits per heavy atom. The summed E-state index contributed by atoms with van der Waals surface area (Å²) in [6.45, 7) is 6.79. The molecule has 0 saturated carbocycles. The van der Waals surface area contributed by atoms with Crippen molar-refractivity contribution in [2.24, 2.45) is 0 Å². The second-order valence-corrected chi connectivity index (χ2v) is 4.64. The van der Waals surface area contributed by atoms with Crippen LogP contribution in [0, 0.1) is 0 Å². The summed E-state index contributed by atoms with van der Waals surface area (Å²) in [6.07, 6.45) is -0.997. The van der Waals surface area contributed by atoms with E-state index in [1.165, 1.54) is 0 Å². The molecule has 0 aromatic carbocycles. The molecule has 6 heteroatoms. The molecule has 0 aliphatic carbocycles. The normalized spacial score (nSPS) is 12.7. The maximum Gasteiger partial charge on any atom is 0.408 e. The Balaban J connectivity index is 4.35. The lowest BCUT2D eigenvalue weighted by atomic mass is 10.1. The van der Waals surface area contributed by atoms with E-state index in [1.54, 1.807) is 27.7 Å². The van der Waals surface area contributed by atoms with E-state index in [1.807, 2.05) is 0 Å². The summed E-state index contributed by atoms with van der Waals surface area (Å²) >= 11 is 0. The highest BCUT2D eigenvalue weighted by molar-refractivity contribution is 5.98. The number of alkyl carbamates (subject to hydrolysis) is 1. The van der Waals surface area contributed by atoms with Crippen molar-refractivity contribution in [3.63, 3.8) is 0 Å². The number of hydrogen-bond donors (Lipinski definition) is 2. The van der Waals surface area contributed by atoms with Crippen molar-refractivity contribution >= 4 is 17.8 Å². The zero-order chi connectivity index (χ0) is 13.6. The van der Waals surface area contributed by atoms with Gasteiger partial charge in [0.25, 0.3) is 0 Å². The molecule has 0 aromatic heterocycles. The Hall–Kier alpha value is -1.59. The number of carboxylic acid groups (broad SMARTS) is 1. The minimum atomic E-state index is -1.21. The standard InChI is InChI=1S/C11H19NO5/c1-5-7(8(13)6-9(14)15)12-10(16)17-11(2,3)4/h7H,5-6H2,1-4H3,(H,12,16)(H,14,15). The number of Topliss-reactive ketones (excluding diaryl/α,β-unsaturated/α-hetero) is 1. The van der Waals surface area contributed by atoms with Crippen LogP contribution in [0.25, 0.3) is 0 Å². The van der Waals surface area contributed by atoms with E-state index in [0.29, 0.717) is 6.42 Å². The summed E-state index contributed by atoms with van der Waals surface area (Å²) < 4.78 is 4.98. The summed E-state index contributed by atoms with van der Waals surface area (Å²) in [7, 11) is 0. The van der Waals surface area contributed by atoms with Crippen LogP contribution in [0.5, 0.6) is 0 Å². The average Bonchev–Trinajstić information content (AvgIpc) is 2.09. The zero-order valence-corrected chi connectivity index (χ0v) is 10.6. The van der Waals surface area contributed by atoms with Gasteiger partial charge in [0.05, 0.1) is 6.04 Å². The first-order valence-corrected chi connectivity index (χ1v) is 5.39. The Morgan fingerprint density at radius 2 is 1.82 bits per heavy atom. The number of ether oxygens (including phenoxy) is 1. The fraction of sp³-hybridized carbons (Fsp3) is 0.727. The number of rotatable bonds is 5. The van der Waals surface area contributed by atoms with Gasteiger partial charge in [0.2, 0.25) is 0 Å². The molecule has 1 unspecified atom stereocenters. The molecule has 0 bridgehead atoms. The van der Waals surface area contributed by atoms with Crippen molar-refractivity contribution in [3.05, 3.63) is 0 Å². The van der Waals surface area contributed by atoms with Crippen LogP contribution >= 0.6 is 0 Å². The van der Waals surface area contributed by atoms with Crippen molar-refractivity contribution in [2.45, 2.75) is 52.2 Å². The topological polar surface area (TPSA) is 92.7 Å². The highest BCUT2D eigenvalue weighted by Gasteiger charge is 2.24. The Morgan fingerprint density at radius 3 is 2.18 bits per heavy atom. The van der Waals surface area contributed by atoms with E-state index in [0.717, 1.165) is 0 Å². The van der Waals surface area contributed by atoms with Crippen molar-refractivity contribution in [1.82, 2.24) is 5.32 Å². The van der Waals surface area contributed by atoms with Gasteiger partial charge in [-0.25, -0.2) is 4.79 Å². The monoisotopic (exact) mass is 245 g/mol. The van der Waals surface area contributed by atoms with E-state index >= 15 is 0 Å². The molecular weight excluding hydrogens is 226 g/mol. The largest absolute Gasteiger partial charge is 0.481 e. The molecule has 1 amide bonds. The van der Waals surface area contributed by atoms with Gasteiger partial charge in [-0.05, 0) is 27.2 Å². The van der Waals surface area contributed by atoms with Crippen molar-refractivity contribution < 1.29 is 24.2 Å². The SMILES string of the molecule is CCC(NC(=O)OC(C)(C)C)C(=O)CC(=O)O. The van der Waals surface area contributed by atoms with Crippen LogP contribution in [-0.4, -0.2) is 34.6 Å². The third kappa shape index (κ3) is 7.32. The van der Waals surface area contributed by atoms with E-state index in [9.17, 15) is 14.4 Å². The van der Waals surface area contributed by atoms with Gasteiger partial charge in [0.1, 0.15) is 12.0 Å². The van der Waals surface area contributed by atoms with Crippen LogP contribution in [0.15, 0.2) is 0 Å². The second-order valence-electron chi connectivity index (χ2n) is 4.64. The van der Waals surface area contributed by atoms with Gasteiger partial charge in [-0.15, -0.1) is 0 Å². The lowest BCUT2D eigenvalue weighted by Crippen LogP contribution is -2.43. The number of carbonyl (C=O) groups is 3. The van der Waals surface area contributed by atoms with E-state index < -0.39 is 35.9 Å². The number of aliphatic carboxylic acids is 1. The fourth-order valence-corrected chi connectivity index (χ4v) is 1.13. The summed E-state index contributed by atoms with van der Waals surface area (Å²) in [5.41, 5.74) is -0.655. The number of amides is 1. The molecular formula is C11H19NO5. The van der Waals surface area contributed by atoms with Crippen LogP contribution in [0.2, 0.25) is 0 Å². The maximum absolute atomic E-state index is 11.4. The first-order valence-electron chi connectivity index (χ1n) is 5.39. The number of ketones is 1.